The van der Waals surface area contributed by atoms with E-state index in [9.17, 15) is 9.59 Å². The number of amides is 2. The predicted octanol–water partition coefficient (Wildman–Crippen LogP) is 1.31. The molecule has 21 heavy (non-hydrogen) atoms. The zero-order chi connectivity index (χ0) is 15.7. The van der Waals surface area contributed by atoms with Crippen LogP contribution in [0.1, 0.15) is 37.0 Å². The summed E-state index contributed by atoms with van der Waals surface area (Å²) in [7, 11) is 0. The summed E-state index contributed by atoms with van der Waals surface area (Å²) in [5, 5.41) is 5.44. The molecule has 0 aromatic heterocycles. The second-order valence-corrected chi connectivity index (χ2v) is 4.54. The lowest BCUT2D eigenvalue weighted by atomic mass is 10.1. The van der Waals surface area contributed by atoms with Gasteiger partial charge in [-0.2, -0.15) is 0 Å². The number of nitrogen functional groups attached to an aromatic ring is 1. The SMILES string of the molecule is CCCNC(=O)CCNC(=O)c1ccc(OCC)c(N)c1. The Bertz CT molecular complexity index is 489. The van der Waals surface area contributed by atoms with Gasteiger partial charge in [0.05, 0.1) is 12.3 Å². The molecule has 0 saturated heterocycles. The van der Waals surface area contributed by atoms with E-state index in [4.69, 9.17) is 10.5 Å². The van der Waals surface area contributed by atoms with Crippen molar-refractivity contribution in [2.24, 2.45) is 0 Å². The Morgan fingerprint density at radius 3 is 2.57 bits per heavy atom. The molecule has 4 N–H and O–H groups in total. The van der Waals surface area contributed by atoms with Gasteiger partial charge in [-0.3, -0.25) is 9.59 Å². The number of carbonyl (C=O) groups is 2. The molecule has 1 aromatic carbocycles. The van der Waals surface area contributed by atoms with Gasteiger partial charge in [0, 0.05) is 25.1 Å². The number of anilines is 1. The van der Waals surface area contributed by atoms with Crippen molar-refractivity contribution < 1.29 is 14.3 Å². The smallest absolute Gasteiger partial charge is 0.251 e. The molecule has 0 aliphatic carbocycles. The lowest BCUT2D eigenvalue weighted by Crippen LogP contribution is -2.31. The van der Waals surface area contributed by atoms with E-state index in [0.29, 0.717) is 36.7 Å². The largest absolute Gasteiger partial charge is 0.492 e. The maximum Gasteiger partial charge on any atom is 0.251 e. The molecule has 6 nitrogen and oxygen atoms in total. The Morgan fingerprint density at radius 2 is 1.95 bits per heavy atom. The minimum Gasteiger partial charge on any atom is -0.492 e. The van der Waals surface area contributed by atoms with E-state index < -0.39 is 0 Å². The lowest BCUT2D eigenvalue weighted by molar-refractivity contribution is -0.120. The van der Waals surface area contributed by atoms with Crippen molar-refractivity contribution in [2.45, 2.75) is 26.7 Å². The maximum absolute atomic E-state index is 11.9. The van der Waals surface area contributed by atoms with Crippen LogP contribution in [0.3, 0.4) is 0 Å². The number of carbonyl (C=O) groups excluding carboxylic acids is 2. The first kappa shape index (κ1) is 16.8. The Balaban J connectivity index is 2.45. The fraction of sp³-hybridized carbons (Fsp3) is 0.467. The molecule has 0 atom stereocenters. The number of hydrogen-bond acceptors (Lipinski definition) is 4. The Kier molecular flexibility index (Phi) is 7.08. The molecule has 0 spiro atoms. The van der Waals surface area contributed by atoms with Gasteiger partial charge >= 0.3 is 0 Å². The predicted molar refractivity (Wildman–Crippen MR) is 82.3 cm³/mol. The molecule has 2 amide bonds. The summed E-state index contributed by atoms with van der Waals surface area (Å²) in [6.45, 7) is 5.31. The van der Waals surface area contributed by atoms with Crippen molar-refractivity contribution in [3.63, 3.8) is 0 Å². The Labute approximate surface area is 125 Å². The van der Waals surface area contributed by atoms with Gasteiger partial charge < -0.3 is 21.1 Å². The standard InChI is InChI=1S/C15H23N3O3/c1-3-8-17-14(19)7-9-18-15(20)11-5-6-13(21-4-2)12(16)10-11/h5-6,10H,3-4,7-9,16H2,1-2H3,(H,17,19)(H,18,20). The number of hydrogen-bond donors (Lipinski definition) is 3. The van der Waals surface area contributed by atoms with Crippen LogP contribution in [0.5, 0.6) is 5.75 Å². The number of nitrogens with one attached hydrogen (secondary N) is 2. The van der Waals surface area contributed by atoms with Gasteiger partial charge in [-0.1, -0.05) is 6.92 Å². The van der Waals surface area contributed by atoms with Crippen LogP contribution in [0.25, 0.3) is 0 Å². The van der Waals surface area contributed by atoms with Crippen LogP contribution in [0.2, 0.25) is 0 Å². The molecule has 6 heteroatoms. The van der Waals surface area contributed by atoms with Gasteiger partial charge in [-0.05, 0) is 31.5 Å². The van der Waals surface area contributed by atoms with Crippen LogP contribution in [-0.4, -0.2) is 31.5 Å². The zero-order valence-corrected chi connectivity index (χ0v) is 12.6. The van der Waals surface area contributed by atoms with Gasteiger partial charge in [0.1, 0.15) is 5.75 Å². The summed E-state index contributed by atoms with van der Waals surface area (Å²) < 4.78 is 5.31. The average molecular weight is 293 g/mol. The third-order valence-electron chi connectivity index (χ3n) is 2.78. The molecule has 0 saturated carbocycles. The van der Waals surface area contributed by atoms with Crippen LogP contribution in [0.4, 0.5) is 5.69 Å². The molecule has 0 radical (unpaired) electrons. The van der Waals surface area contributed by atoms with Crippen molar-refractivity contribution in [3.8, 4) is 5.75 Å². The number of rotatable bonds is 8. The maximum atomic E-state index is 11.9. The first-order valence-corrected chi connectivity index (χ1v) is 7.15. The van der Waals surface area contributed by atoms with E-state index in [-0.39, 0.29) is 18.2 Å². The van der Waals surface area contributed by atoms with Gasteiger partial charge in [0.15, 0.2) is 0 Å². The topological polar surface area (TPSA) is 93.5 Å². The van der Waals surface area contributed by atoms with E-state index in [2.05, 4.69) is 10.6 Å². The third kappa shape index (κ3) is 5.72. The summed E-state index contributed by atoms with van der Waals surface area (Å²) in [5.41, 5.74) is 6.68. The Morgan fingerprint density at radius 1 is 1.19 bits per heavy atom. The van der Waals surface area contributed by atoms with Crippen LogP contribution < -0.4 is 21.1 Å². The van der Waals surface area contributed by atoms with Gasteiger partial charge in [0.2, 0.25) is 5.91 Å². The van der Waals surface area contributed by atoms with E-state index in [1.165, 1.54) is 0 Å². The minimum absolute atomic E-state index is 0.0663. The van der Waals surface area contributed by atoms with Crippen molar-refractivity contribution in [2.75, 3.05) is 25.4 Å². The summed E-state index contributed by atoms with van der Waals surface area (Å²) in [6.07, 6.45) is 1.15. The zero-order valence-electron chi connectivity index (χ0n) is 12.6. The highest BCUT2D eigenvalue weighted by molar-refractivity contribution is 5.95. The quantitative estimate of drug-likeness (QED) is 0.630. The minimum atomic E-state index is -0.256. The number of nitrogens with two attached hydrogens (primary N) is 1. The monoisotopic (exact) mass is 293 g/mol. The van der Waals surface area contributed by atoms with E-state index in [0.717, 1.165) is 6.42 Å². The molecule has 0 fully saturated rings. The van der Waals surface area contributed by atoms with Crippen molar-refractivity contribution in [1.82, 2.24) is 10.6 Å². The van der Waals surface area contributed by atoms with Crippen LogP contribution in [0.15, 0.2) is 18.2 Å². The van der Waals surface area contributed by atoms with E-state index >= 15 is 0 Å². The van der Waals surface area contributed by atoms with Crippen molar-refractivity contribution in [3.05, 3.63) is 23.8 Å². The highest BCUT2D eigenvalue weighted by Gasteiger charge is 2.09. The molecule has 116 valence electrons. The highest BCUT2D eigenvalue weighted by Crippen LogP contribution is 2.22. The van der Waals surface area contributed by atoms with Crippen LogP contribution in [-0.2, 0) is 4.79 Å². The molecule has 0 heterocycles. The fourth-order valence-electron chi connectivity index (χ4n) is 1.72. The summed E-state index contributed by atoms with van der Waals surface area (Å²) in [6, 6.07) is 4.88. The Hall–Kier alpha value is -2.24. The fourth-order valence-corrected chi connectivity index (χ4v) is 1.72. The van der Waals surface area contributed by atoms with Crippen LogP contribution >= 0.6 is 0 Å². The molecule has 0 aliphatic rings. The number of ether oxygens (including phenoxy) is 1. The third-order valence-corrected chi connectivity index (χ3v) is 2.78. The lowest BCUT2D eigenvalue weighted by Gasteiger charge is -2.09. The van der Waals surface area contributed by atoms with Gasteiger partial charge in [-0.15, -0.1) is 0 Å². The molecule has 1 aromatic rings. The normalized spacial score (nSPS) is 10.0. The van der Waals surface area contributed by atoms with Crippen molar-refractivity contribution >= 4 is 17.5 Å². The molecular weight excluding hydrogens is 270 g/mol. The number of benzene rings is 1. The first-order chi connectivity index (χ1) is 10.1. The van der Waals surface area contributed by atoms with Gasteiger partial charge in [-0.25, -0.2) is 0 Å². The molecule has 0 aliphatic heterocycles. The second-order valence-electron chi connectivity index (χ2n) is 4.54. The summed E-state index contributed by atoms with van der Waals surface area (Å²) >= 11 is 0. The van der Waals surface area contributed by atoms with Gasteiger partial charge in [0.25, 0.3) is 5.91 Å². The van der Waals surface area contributed by atoms with Crippen LogP contribution in [0, 0.1) is 0 Å². The average Bonchev–Trinajstić information content (AvgIpc) is 2.47. The summed E-state index contributed by atoms with van der Waals surface area (Å²) in [4.78, 5) is 23.3. The molecule has 0 unspecified atom stereocenters. The van der Waals surface area contributed by atoms with E-state index in [1.807, 2.05) is 13.8 Å². The van der Waals surface area contributed by atoms with Crippen molar-refractivity contribution in [1.29, 1.82) is 0 Å². The molecular formula is C15H23N3O3. The molecule has 1 rings (SSSR count). The molecule has 0 bridgehead atoms. The first-order valence-electron chi connectivity index (χ1n) is 7.15. The highest BCUT2D eigenvalue weighted by atomic mass is 16.5. The second kappa shape index (κ2) is 8.84. The van der Waals surface area contributed by atoms with E-state index in [1.54, 1.807) is 18.2 Å². The summed E-state index contributed by atoms with van der Waals surface area (Å²) in [5.74, 6) is 0.240.